The molecule has 1 rings (SSSR count). The maximum absolute atomic E-state index is 13.4. The van der Waals surface area contributed by atoms with Crippen molar-refractivity contribution in [2.45, 2.75) is 307 Å². The molecule has 0 aliphatic carbocycles. The van der Waals surface area contributed by atoms with Gasteiger partial charge in [0.1, 0.15) is 24.4 Å². The van der Waals surface area contributed by atoms with Crippen LogP contribution in [-0.4, -0.2) is 99.6 Å². The molecule has 11 heteroatoms. The van der Waals surface area contributed by atoms with E-state index in [1.54, 1.807) is 6.08 Å². The number of aliphatic hydroxyl groups is 5. The van der Waals surface area contributed by atoms with Gasteiger partial charge in [0, 0.05) is 6.42 Å². The minimum atomic E-state index is -1.63. The van der Waals surface area contributed by atoms with Crippen molar-refractivity contribution >= 4 is 11.9 Å². The van der Waals surface area contributed by atoms with Crippen molar-refractivity contribution in [2.75, 3.05) is 13.2 Å². The lowest BCUT2D eigenvalue weighted by Gasteiger charge is -2.41. The van der Waals surface area contributed by atoms with Crippen molar-refractivity contribution in [3.8, 4) is 0 Å². The molecule has 83 heavy (non-hydrogen) atoms. The number of hydrogen-bond donors (Lipinski definition) is 6. The summed E-state index contributed by atoms with van der Waals surface area (Å²) in [5.41, 5.74) is 0. The summed E-state index contributed by atoms with van der Waals surface area (Å²) in [5, 5.41) is 57.0. The number of carbonyl (C=O) groups excluding carboxylic acids is 2. The van der Waals surface area contributed by atoms with Crippen molar-refractivity contribution in [1.82, 2.24) is 5.32 Å². The van der Waals surface area contributed by atoms with Gasteiger partial charge in [-0.1, -0.05) is 258 Å². The lowest BCUT2D eigenvalue weighted by Crippen LogP contribution is -2.61. The minimum Gasteiger partial charge on any atom is -0.454 e. The molecule has 0 aromatic rings. The SMILES string of the molecule is CC/C=C\C/C=C\C/C=C\C/C=C\C/C=C\C/C=C\CCCC(O)C(=O)NC(COC1OC(CO)C(O)C(O)C1OC(=O)CCCCCCCCCCCC/C=C\C/C=C\C/C=C\CCCCC)C(O)/C=C/CCCCCCCCCCC. The van der Waals surface area contributed by atoms with Crippen LogP contribution in [0.1, 0.15) is 258 Å². The molecule has 1 heterocycles. The summed E-state index contributed by atoms with van der Waals surface area (Å²) in [6, 6.07) is -1.06. The van der Waals surface area contributed by atoms with E-state index in [-0.39, 0.29) is 19.4 Å². The van der Waals surface area contributed by atoms with Crippen LogP contribution in [0.4, 0.5) is 0 Å². The summed E-state index contributed by atoms with van der Waals surface area (Å²) in [4.78, 5) is 26.6. The number of unbranched alkanes of at least 4 members (excludes halogenated alkanes) is 23. The normalized spacial score (nSPS) is 19.3. The lowest BCUT2D eigenvalue weighted by atomic mass is 9.99. The van der Waals surface area contributed by atoms with Gasteiger partial charge in [-0.3, -0.25) is 9.59 Å². The number of carbonyl (C=O) groups is 2. The number of allylic oxidation sites excluding steroid dienone is 19. The van der Waals surface area contributed by atoms with Gasteiger partial charge in [0.2, 0.25) is 5.91 Å². The first-order chi connectivity index (χ1) is 40.7. The first-order valence-corrected chi connectivity index (χ1v) is 33.3. The third kappa shape index (κ3) is 46.0. The average molecular weight is 1160 g/mol. The van der Waals surface area contributed by atoms with Crippen LogP contribution in [-0.2, 0) is 23.8 Å². The number of ether oxygens (including phenoxy) is 3. The van der Waals surface area contributed by atoms with E-state index in [4.69, 9.17) is 14.2 Å². The molecule has 8 atom stereocenters. The Kier molecular flexibility index (Phi) is 54.3. The quantitative estimate of drug-likeness (QED) is 0.0195. The summed E-state index contributed by atoms with van der Waals surface area (Å²) in [6.45, 7) is 5.61. The topological polar surface area (TPSA) is 175 Å². The minimum absolute atomic E-state index is 0.107. The van der Waals surface area contributed by atoms with Gasteiger partial charge in [-0.05, 0) is 116 Å². The zero-order chi connectivity index (χ0) is 60.3. The largest absolute Gasteiger partial charge is 0.454 e. The van der Waals surface area contributed by atoms with Gasteiger partial charge in [-0.25, -0.2) is 0 Å². The number of rotatable bonds is 55. The van der Waals surface area contributed by atoms with E-state index in [1.165, 1.54) is 96.3 Å². The van der Waals surface area contributed by atoms with Crippen molar-refractivity contribution in [1.29, 1.82) is 0 Å². The molecule has 1 fully saturated rings. The molecular formula is C72H121NO10. The van der Waals surface area contributed by atoms with Crippen molar-refractivity contribution < 1.29 is 49.3 Å². The molecule has 8 unspecified atom stereocenters. The molecule has 0 aromatic carbocycles. The number of nitrogens with one attached hydrogen (secondary N) is 1. The van der Waals surface area contributed by atoms with Gasteiger partial charge in [-0.15, -0.1) is 0 Å². The first kappa shape index (κ1) is 77.1. The highest BCUT2D eigenvalue weighted by Gasteiger charge is 2.47. The highest BCUT2D eigenvalue weighted by Crippen LogP contribution is 2.26. The van der Waals surface area contributed by atoms with Crippen LogP contribution in [0.2, 0.25) is 0 Å². The van der Waals surface area contributed by atoms with Crippen LogP contribution in [0.3, 0.4) is 0 Å². The van der Waals surface area contributed by atoms with Crippen LogP contribution in [0.25, 0.3) is 0 Å². The van der Waals surface area contributed by atoms with E-state index in [1.807, 2.05) is 12.2 Å². The highest BCUT2D eigenvalue weighted by atomic mass is 16.7. The molecule has 11 nitrogen and oxygen atoms in total. The summed E-state index contributed by atoms with van der Waals surface area (Å²) in [7, 11) is 0. The third-order valence-electron chi connectivity index (χ3n) is 14.8. The van der Waals surface area contributed by atoms with E-state index < -0.39 is 67.4 Å². The second-order valence-corrected chi connectivity index (χ2v) is 22.5. The van der Waals surface area contributed by atoms with E-state index in [0.717, 1.165) is 109 Å². The monoisotopic (exact) mass is 1160 g/mol. The smallest absolute Gasteiger partial charge is 0.306 e. The van der Waals surface area contributed by atoms with Crippen LogP contribution in [0.15, 0.2) is 122 Å². The molecule has 1 aliphatic heterocycles. The van der Waals surface area contributed by atoms with E-state index in [2.05, 4.69) is 129 Å². The Balaban J connectivity index is 2.65. The maximum Gasteiger partial charge on any atom is 0.306 e. The van der Waals surface area contributed by atoms with Crippen LogP contribution in [0.5, 0.6) is 0 Å². The Morgan fingerprint density at radius 2 is 0.867 bits per heavy atom. The molecule has 1 aliphatic rings. The lowest BCUT2D eigenvalue weighted by molar-refractivity contribution is -0.305. The molecule has 474 valence electrons. The van der Waals surface area contributed by atoms with Crippen LogP contribution < -0.4 is 5.32 Å². The highest BCUT2D eigenvalue weighted by molar-refractivity contribution is 5.80. The zero-order valence-electron chi connectivity index (χ0n) is 52.5. The Labute approximate surface area is 506 Å². The second-order valence-electron chi connectivity index (χ2n) is 22.5. The summed E-state index contributed by atoms with van der Waals surface area (Å²) < 4.78 is 17.6. The zero-order valence-corrected chi connectivity index (χ0v) is 52.5. The number of aliphatic hydroxyl groups excluding tert-OH is 5. The van der Waals surface area contributed by atoms with E-state index >= 15 is 0 Å². The Morgan fingerprint density at radius 1 is 0.482 bits per heavy atom. The van der Waals surface area contributed by atoms with E-state index in [0.29, 0.717) is 19.3 Å². The summed E-state index contributed by atoms with van der Waals surface area (Å²) in [5.74, 6) is -1.25. The fourth-order valence-corrected chi connectivity index (χ4v) is 9.61. The molecular weight excluding hydrogens is 1040 g/mol. The van der Waals surface area contributed by atoms with Crippen molar-refractivity contribution in [3.05, 3.63) is 122 Å². The molecule has 0 aromatic heterocycles. The molecule has 0 bridgehead atoms. The Morgan fingerprint density at radius 3 is 1.33 bits per heavy atom. The van der Waals surface area contributed by atoms with Crippen molar-refractivity contribution in [2.24, 2.45) is 0 Å². The molecule has 6 N–H and O–H groups in total. The molecule has 0 spiro atoms. The number of hydrogen-bond acceptors (Lipinski definition) is 10. The van der Waals surface area contributed by atoms with Gasteiger partial charge in [0.25, 0.3) is 0 Å². The first-order valence-electron chi connectivity index (χ1n) is 33.3. The summed E-state index contributed by atoms with van der Waals surface area (Å²) >= 11 is 0. The average Bonchev–Trinajstić information content (AvgIpc) is 3.61. The second kappa shape index (κ2) is 58.4. The number of amides is 1. The third-order valence-corrected chi connectivity index (χ3v) is 14.8. The Hall–Kier alpha value is -3.94. The van der Waals surface area contributed by atoms with Crippen LogP contribution >= 0.6 is 0 Å². The molecule has 0 radical (unpaired) electrons. The summed E-state index contributed by atoms with van der Waals surface area (Å²) in [6.07, 6.45) is 70.9. The van der Waals surface area contributed by atoms with Gasteiger partial charge in [0.15, 0.2) is 12.4 Å². The maximum atomic E-state index is 13.4. The standard InChI is InChI=1S/C72H121NO10/c1-4-7-10-13-16-19-22-24-26-28-30-32-33-34-36-38-40-42-45-48-51-54-57-60-67(77)83-70-69(79)68(78)66(61-74)82-72(70)81-62-63(64(75)58-55-52-49-46-43-21-18-15-12-9-6-3)73-71(80)65(76)59-56-53-50-47-44-41-39-37-35-31-29-27-25-23-20-17-14-11-8-5-2/h8,11,16-17,19-20,24-27,30-32,35,39,41,47,50,55,58,63-66,68-70,72,74-76,78-79H,4-7,9-10,12-15,18,21-23,28-29,33-34,36-38,40,42-46,48-49,51-54,56-57,59-62H2,1-3H3,(H,73,80)/b11-8-,19-16-,20-17-,26-24-,27-25-,32-30-,35-31-,41-39-,50-47-,58-55+. The Bertz CT molecular complexity index is 1810. The van der Waals surface area contributed by atoms with E-state index in [9.17, 15) is 35.1 Å². The predicted molar refractivity (Wildman–Crippen MR) is 347 cm³/mol. The molecule has 1 amide bonds. The van der Waals surface area contributed by atoms with Gasteiger partial charge < -0.3 is 45.1 Å². The molecule has 0 saturated carbocycles. The van der Waals surface area contributed by atoms with Gasteiger partial charge >= 0.3 is 5.97 Å². The molecule has 1 saturated heterocycles. The van der Waals surface area contributed by atoms with Gasteiger partial charge in [-0.2, -0.15) is 0 Å². The fourth-order valence-electron chi connectivity index (χ4n) is 9.61. The fraction of sp³-hybridized carbons (Fsp3) is 0.694. The van der Waals surface area contributed by atoms with Gasteiger partial charge in [0.05, 0.1) is 25.4 Å². The number of esters is 1. The predicted octanol–water partition coefficient (Wildman–Crippen LogP) is 16.6. The van der Waals surface area contributed by atoms with Crippen LogP contribution in [0, 0.1) is 0 Å². The van der Waals surface area contributed by atoms with Crippen molar-refractivity contribution in [3.63, 3.8) is 0 Å².